The number of carbonyl (C=O) groups excluding carboxylic acids is 1. The highest BCUT2D eigenvalue weighted by Crippen LogP contribution is 2.37. The zero-order valence-electron chi connectivity index (χ0n) is 11.9. The molecule has 5 heteroatoms. The highest BCUT2D eigenvalue weighted by atomic mass is 35.5. The van der Waals surface area contributed by atoms with E-state index in [4.69, 9.17) is 21.1 Å². The summed E-state index contributed by atoms with van der Waals surface area (Å²) < 4.78 is 10.7. The molecule has 1 aromatic carbocycles. The molecule has 2 rings (SSSR count). The molecule has 0 heterocycles. The number of fused-ring (bicyclic) bond motifs is 1. The van der Waals surface area contributed by atoms with Crippen LogP contribution in [0.2, 0.25) is 0 Å². The van der Waals surface area contributed by atoms with Gasteiger partial charge in [-0.3, -0.25) is 4.79 Å². The van der Waals surface area contributed by atoms with Crippen molar-refractivity contribution in [3.8, 4) is 11.5 Å². The molecule has 0 spiro atoms. The molecule has 0 saturated heterocycles. The Labute approximate surface area is 124 Å². The molecule has 0 radical (unpaired) electrons. The summed E-state index contributed by atoms with van der Waals surface area (Å²) in [6.07, 6.45) is 4.09. The van der Waals surface area contributed by atoms with Gasteiger partial charge in [0.15, 0.2) is 11.5 Å². The van der Waals surface area contributed by atoms with Gasteiger partial charge in [0, 0.05) is 0 Å². The normalized spacial score (nSPS) is 17.9. The Morgan fingerprint density at radius 2 is 2.00 bits per heavy atom. The van der Waals surface area contributed by atoms with Crippen molar-refractivity contribution in [2.45, 2.75) is 31.7 Å². The maximum atomic E-state index is 11.6. The second kappa shape index (κ2) is 6.84. The number of ether oxygens (including phenoxy) is 2. The van der Waals surface area contributed by atoms with E-state index in [2.05, 4.69) is 5.32 Å². The molecule has 4 nitrogen and oxygen atoms in total. The van der Waals surface area contributed by atoms with E-state index in [1.54, 1.807) is 14.2 Å². The molecule has 0 saturated carbocycles. The molecule has 1 unspecified atom stereocenters. The lowest BCUT2D eigenvalue weighted by molar-refractivity contribution is -0.119. The van der Waals surface area contributed by atoms with Gasteiger partial charge in [-0.1, -0.05) is 6.42 Å². The Balaban J connectivity index is 2.39. The van der Waals surface area contributed by atoms with Crippen molar-refractivity contribution in [2.75, 3.05) is 20.1 Å². The largest absolute Gasteiger partial charge is 0.493 e. The van der Waals surface area contributed by atoms with E-state index in [9.17, 15) is 4.79 Å². The Hall–Kier alpha value is -1.42. The number of amides is 1. The van der Waals surface area contributed by atoms with Crippen LogP contribution < -0.4 is 14.8 Å². The number of rotatable bonds is 4. The number of alkyl halides is 1. The Bertz CT molecular complexity index is 490. The van der Waals surface area contributed by atoms with Gasteiger partial charge in [0.2, 0.25) is 5.91 Å². The summed E-state index contributed by atoms with van der Waals surface area (Å²) in [5.41, 5.74) is 2.32. The van der Waals surface area contributed by atoms with Gasteiger partial charge in [0.1, 0.15) is 5.88 Å². The van der Waals surface area contributed by atoms with Crippen LogP contribution in [0.25, 0.3) is 0 Å². The number of hydrogen-bond donors (Lipinski definition) is 1. The molecule has 1 aliphatic carbocycles. The molecule has 0 fully saturated rings. The average molecular weight is 298 g/mol. The smallest absolute Gasteiger partial charge is 0.235 e. The molecule has 1 N–H and O–H groups in total. The van der Waals surface area contributed by atoms with E-state index in [0.717, 1.165) is 37.0 Å². The average Bonchev–Trinajstić information content (AvgIpc) is 2.67. The maximum Gasteiger partial charge on any atom is 0.235 e. The monoisotopic (exact) mass is 297 g/mol. The Kier molecular flexibility index (Phi) is 5.12. The van der Waals surface area contributed by atoms with Gasteiger partial charge >= 0.3 is 0 Å². The molecule has 0 aromatic heterocycles. The van der Waals surface area contributed by atoms with Crippen LogP contribution in [0.3, 0.4) is 0 Å². The Morgan fingerprint density at radius 1 is 1.30 bits per heavy atom. The lowest BCUT2D eigenvalue weighted by Gasteiger charge is -2.21. The molecular weight excluding hydrogens is 278 g/mol. The summed E-state index contributed by atoms with van der Waals surface area (Å²) in [5, 5.41) is 2.99. The fraction of sp³-hybridized carbons (Fsp3) is 0.533. The van der Waals surface area contributed by atoms with Gasteiger partial charge in [-0.15, -0.1) is 11.6 Å². The molecule has 110 valence electrons. The van der Waals surface area contributed by atoms with Crippen molar-refractivity contribution < 1.29 is 14.3 Å². The predicted molar refractivity (Wildman–Crippen MR) is 78.7 cm³/mol. The van der Waals surface area contributed by atoms with Gasteiger partial charge < -0.3 is 14.8 Å². The van der Waals surface area contributed by atoms with Gasteiger partial charge in [-0.2, -0.15) is 0 Å². The third-order valence-corrected chi connectivity index (χ3v) is 3.91. The zero-order chi connectivity index (χ0) is 14.5. The standard InChI is InChI=1S/C15H20ClNO3/c1-19-13-7-10-5-3-4-6-12(17-15(18)9-16)11(10)8-14(13)20-2/h7-8,12H,3-6,9H2,1-2H3,(H,17,18). The zero-order valence-corrected chi connectivity index (χ0v) is 12.6. The van der Waals surface area contributed by atoms with E-state index in [-0.39, 0.29) is 17.8 Å². The minimum atomic E-state index is -0.140. The first kappa shape index (κ1) is 15.0. The highest BCUT2D eigenvalue weighted by Gasteiger charge is 2.22. The van der Waals surface area contributed by atoms with Crippen LogP contribution >= 0.6 is 11.6 Å². The second-order valence-electron chi connectivity index (χ2n) is 4.91. The SMILES string of the molecule is COc1cc2c(cc1OC)C(NC(=O)CCl)CCCC2. The van der Waals surface area contributed by atoms with Crippen LogP contribution in [-0.4, -0.2) is 26.0 Å². The fourth-order valence-electron chi connectivity index (χ4n) is 2.68. The summed E-state index contributed by atoms with van der Waals surface area (Å²) >= 11 is 5.59. The summed E-state index contributed by atoms with van der Waals surface area (Å²) in [7, 11) is 3.25. The van der Waals surface area contributed by atoms with Crippen LogP contribution in [0.1, 0.15) is 36.4 Å². The number of benzene rings is 1. The minimum absolute atomic E-state index is 0.00134. The van der Waals surface area contributed by atoms with E-state index in [1.165, 1.54) is 5.56 Å². The van der Waals surface area contributed by atoms with Crippen LogP contribution in [0.15, 0.2) is 12.1 Å². The maximum absolute atomic E-state index is 11.6. The number of methoxy groups -OCH3 is 2. The molecule has 0 aliphatic heterocycles. The summed E-state index contributed by atoms with van der Waals surface area (Å²) in [6.45, 7) is 0. The molecule has 1 aromatic rings. The molecule has 1 atom stereocenters. The predicted octanol–water partition coefficient (Wildman–Crippen LogP) is 2.83. The lowest BCUT2D eigenvalue weighted by Crippen LogP contribution is -2.29. The van der Waals surface area contributed by atoms with Crippen LogP contribution in [0.5, 0.6) is 11.5 Å². The summed E-state index contributed by atoms with van der Waals surface area (Å²) in [6, 6.07) is 3.98. The Morgan fingerprint density at radius 3 is 2.65 bits per heavy atom. The number of aryl methyl sites for hydroxylation is 1. The van der Waals surface area contributed by atoms with Crippen molar-refractivity contribution in [2.24, 2.45) is 0 Å². The van der Waals surface area contributed by atoms with Gasteiger partial charge in [-0.25, -0.2) is 0 Å². The van der Waals surface area contributed by atoms with E-state index < -0.39 is 0 Å². The third-order valence-electron chi connectivity index (χ3n) is 3.67. The van der Waals surface area contributed by atoms with Gasteiger partial charge in [-0.05, 0) is 42.5 Å². The van der Waals surface area contributed by atoms with Crippen molar-refractivity contribution in [1.29, 1.82) is 0 Å². The number of hydrogen-bond acceptors (Lipinski definition) is 3. The van der Waals surface area contributed by atoms with Crippen molar-refractivity contribution >= 4 is 17.5 Å². The second-order valence-corrected chi connectivity index (χ2v) is 5.17. The van der Waals surface area contributed by atoms with Crippen LogP contribution in [0.4, 0.5) is 0 Å². The first-order valence-corrected chi connectivity index (χ1v) is 7.33. The number of nitrogens with one attached hydrogen (secondary N) is 1. The number of carbonyl (C=O) groups is 1. The molecule has 0 bridgehead atoms. The molecule has 1 aliphatic rings. The topological polar surface area (TPSA) is 47.6 Å². The van der Waals surface area contributed by atoms with Crippen molar-refractivity contribution in [1.82, 2.24) is 5.32 Å². The summed E-state index contributed by atoms with van der Waals surface area (Å²) in [5.74, 6) is 1.27. The van der Waals surface area contributed by atoms with Gasteiger partial charge in [0.25, 0.3) is 0 Å². The quantitative estimate of drug-likeness (QED) is 0.687. The fourth-order valence-corrected chi connectivity index (χ4v) is 2.76. The highest BCUT2D eigenvalue weighted by molar-refractivity contribution is 6.27. The molecule has 20 heavy (non-hydrogen) atoms. The first-order valence-electron chi connectivity index (χ1n) is 6.79. The van der Waals surface area contributed by atoms with Crippen LogP contribution in [-0.2, 0) is 11.2 Å². The summed E-state index contributed by atoms with van der Waals surface area (Å²) in [4.78, 5) is 11.6. The molecular formula is C15H20ClNO3. The van der Waals surface area contributed by atoms with Gasteiger partial charge in [0.05, 0.1) is 20.3 Å². The minimum Gasteiger partial charge on any atom is -0.493 e. The lowest BCUT2D eigenvalue weighted by atomic mass is 9.98. The van der Waals surface area contributed by atoms with Crippen molar-refractivity contribution in [3.63, 3.8) is 0 Å². The van der Waals surface area contributed by atoms with E-state index in [1.807, 2.05) is 12.1 Å². The van der Waals surface area contributed by atoms with E-state index >= 15 is 0 Å². The molecule has 1 amide bonds. The third kappa shape index (κ3) is 3.18. The van der Waals surface area contributed by atoms with Crippen molar-refractivity contribution in [3.05, 3.63) is 23.3 Å². The van der Waals surface area contributed by atoms with Crippen LogP contribution in [0, 0.1) is 0 Å². The number of halogens is 1. The van der Waals surface area contributed by atoms with E-state index in [0.29, 0.717) is 5.75 Å². The first-order chi connectivity index (χ1) is 9.69.